The number of aliphatic carboxylic acids is 1. The highest BCUT2D eigenvalue weighted by molar-refractivity contribution is 5.94. The first-order valence-electron chi connectivity index (χ1n) is 7.38. The van der Waals surface area contributed by atoms with Crippen molar-refractivity contribution >= 4 is 29.6 Å². The molecule has 134 valence electrons. The van der Waals surface area contributed by atoms with E-state index >= 15 is 0 Å². The molecule has 0 bridgehead atoms. The van der Waals surface area contributed by atoms with Crippen molar-refractivity contribution in [2.75, 3.05) is 19.6 Å². The minimum Gasteiger partial charge on any atom is -0.480 e. The summed E-state index contributed by atoms with van der Waals surface area (Å²) in [5, 5.41) is 18.2. The minimum atomic E-state index is -1.31. The predicted molar refractivity (Wildman–Crippen MR) is 80.4 cm³/mol. The van der Waals surface area contributed by atoms with Gasteiger partial charge in [0, 0.05) is 0 Å². The van der Waals surface area contributed by atoms with Crippen LogP contribution < -0.4 is 27.0 Å². The highest BCUT2D eigenvalue weighted by Crippen LogP contribution is 2.04. The maximum atomic E-state index is 11.8. The van der Waals surface area contributed by atoms with E-state index in [4.69, 9.17) is 10.8 Å². The van der Waals surface area contributed by atoms with Crippen LogP contribution >= 0.6 is 0 Å². The van der Waals surface area contributed by atoms with Gasteiger partial charge in [0.1, 0.15) is 12.6 Å². The number of amides is 4. The van der Waals surface area contributed by atoms with Crippen molar-refractivity contribution in [3.8, 4) is 0 Å². The lowest BCUT2D eigenvalue weighted by atomic mass is 10.1. The second-order valence-corrected chi connectivity index (χ2v) is 5.27. The zero-order valence-electron chi connectivity index (χ0n) is 13.0. The second kappa shape index (κ2) is 9.45. The quantitative estimate of drug-likeness (QED) is 0.250. The van der Waals surface area contributed by atoms with Crippen LogP contribution in [0.4, 0.5) is 0 Å². The Balaban J connectivity index is 2.47. The van der Waals surface area contributed by atoms with E-state index in [-0.39, 0.29) is 18.5 Å². The van der Waals surface area contributed by atoms with Crippen molar-refractivity contribution in [3.05, 3.63) is 0 Å². The summed E-state index contributed by atoms with van der Waals surface area (Å²) in [6.07, 6.45) is 1.05. The van der Waals surface area contributed by atoms with Crippen LogP contribution in [0.2, 0.25) is 0 Å². The van der Waals surface area contributed by atoms with E-state index in [0.717, 1.165) is 13.0 Å². The molecular formula is C13H21N5O6. The molecule has 1 aliphatic rings. The molecule has 0 spiro atoms. The Morgan fingerprint density at radius 3 is 2.42 bits per heavy atom. The molecule has 11 heteroatoms. The normalized spacial score (nSPS) is 17.6. The fraction of sp³-hybridized carbons (Fsp3) is 0.615. The number of rotatable bonds is 9. The molecule has 0 aliphatic carbocycles. The number of carboxylic acid groups (broad SMARTS) is 1. The molecule has 0 radical (unpaired) electrons. The summed E-state index contributed by atoms with van der Waals surface area (Å²) in [5.74, 6) is -4.00. The Labute approximate surface area is 137 Å². The fourth-order valence-corrected chi connectivity index (χ4v) is 2.14. The molecule has 0 aromatic heterocycles. The van der Waals surface area contributed by atoms with Crippen LogP contribution in [0.3, 0.4) is 0 Å². The Morgan fingerprint density at radius 1 is 1.17 bits per heavy atom. The molecule has 1 heterocycles. The Hall–Kier alpha value is -2.69. The van der Waals surface area contributed by atoms with Gasteiger partial charge in [0.2, 0.25) is 23.6 Å². The topological polar surface area (TPSA) is 180 Å². The second-order valence-electron chi connectivity index (χ2n) is 5.27. The van der Waals surface area contributed by atoms with Gasteiger partial charge in [0.05, 0.1) is 19.0 Å². The number of primary amides is 1. The molecule has 1 fully saturated rings. The largest absolute Gasteiger partial charge is 0.480 e. The van der Waals surface area contributed by atoms with Crippen molar-refractivity contribution < 1.29 is 29.1 Å². The Kier molecular flexibility index (Phi) is 7.62. The summed E-state index contributed by atoms with van der Waals surface area (Å²) >= 11 is 0. The summed E-state index contributed by atoms with van der Waals surface area (Å²) in [4.78, 5) is 56.7. The first-order chi connectivity index (χ1) is 11.3. The number of carbonyl (C=O) groups excluding carboxylic acids is 4. The van der Waals surface area contributed by atoms with Gasteiger partial charge in [-0.15, -0.1) is 0 Å². The molecule has 7 N–H and O–H groups in total. The van der Waals surface area contributed by atoms with Gasteiger partial charge in [-0.05, 0) is 19.4 Å². The highest BCUT2D eigenvalue weighted by Gasteiger charge is 2.25. The van der Waals surface area contributed by atoms with Gasteiger partial charge in [-0.2, -0.15) is 0 Å². The summed E-state index contributed by atoms with van der Waals surface area (Å²) in [7, 11) is 0. The Morgan fingerprint density at radius 2 is 1.88 bits per heavy atom. The number of carbonyl (C=O) groups is 5. The minimum absolute atomic E-state index is 0.329. The monoisotopic (exact) mass is 343 g/mol. The Bertz CT molecular complexity index is 517. The number of nitrogens with two attached hydrogens (primary N) is 1. The lowest BCUT2D eigenvalue weighted by molar-refractivity contribution is -0.138. The number of hydrogen-bond donors (Lipinski definition) is 6. The van der Waals surface area contributed by atoms with E-state index in [9.17, 15) is 24.0 Å². The molecule has 1 rings (SSSR count). The maximum absolute atomic E-state index is 11.8. The molecule has 24 heavy (non-hydrogen) atoms. The third-order valence-electron chi connectivity index (χ3n) is 3.27. The summed E-state index contributed by atoms with van der Waals surface area (Å²) < 4.78 is 0. The van der Waals surface area contributed by atoms with Gasteiger partial charge in [-0.25, -0.2) is 0 Å². The van der Waals surface area contributed by atoms with Crippen molar-refractivity contribution in [2.24, 2.45) is 5.73 Å². The van der Waals surface area contributed by atoms with Crippen LogP contribution in [-0.2, 0) is 24.0 Å². The third-order valence-corrected chi connectivity index (χ3v) is 3.27. The van der Waals surface area contributed by atoms with E-state index in [0.29, 0.717) is 6.42 Å². The molecule has 1 saturated heterocycles. The summed E-state index contributed by atoms with van der Waals surface area (Å²) in [6, 6.07) is -1.66. The lowest BCUT2D eigenvalue weighted by Gasteiger charge is -2.17. The van der Waals surface area contributed by atoms with Crippen LogP contribution in [0.15, 0.2) is 0 Å². The molecule has 2 atom stereocenters. The first-order valence-corrected chi connectivity index (χ1v) is 7.38. The summed E-state index contributed by atoms with van der Waals surface area (Å²) in [6.45, 7) is -0.304. The average molecular weight is 343 g/mol. The molecule has 11 nitrogen and oxygen atoms in total. The van der Waals surface area contributed by atoms with E-state index in [1.54, 1.807) is 0 Å². The number of hydrogen-bond acceptors (Lipinski definition) is 6. The third kappa shape index (κ3) is 7.05. The van der Waals surface area contributed by atoms with Crippen LogP contribution in [0.1, 0.15) is 19.3 Å². The number of nitrogens with one attached hydrogen (secondary N) is 4. The van der Waals surface area contributed by atoms with Crippen LogP contribution in [0, 0.1) is 0 Å². The van der Waals surface area contributed by atoms with Crippen molar-refractivity contribution in [3.63, 3.8) is 0 Å². The van der Waals surface area contributed by atoms with E-state index in [2.05, 4.69) is 16.0 Å². The molecule has 0 aromatic rings. The fourth-order valence-electron chi connectivity index (χ4n) is 2.14. The van der Waals surface area contributed by atoms with Crippen LogP contribution in [-0.4, -0.2) is 66.4 Å². The molecule has 4 amide bonds. The maximum Gasteiger partial charge on any atom is 0.322 e. The van der Waals surface area contributed by atoms with Crippen molar-refractivity contribution in [2.45, 2.75) is 31.3 Å². The smallest absolute Gasteiger partial charge is 0.322 e. The predicted octanol–water partition coefficient (Wildman–Crippen LogP) is -3.58. The summed E-state index contributed by atoms with van der Waals surface area (Å²) in [5.41, 5.74) is 5.00. The zero-order valence-corrected chi connectivity index (χ0v) is 13.0. The van der Waals surface area contributed by atoms with Gasteiger partial charge in [-0.3, -0.25) is 24.0 Å². The highest BCUT2D eigenvalue weighted by atomic mass is 16.4. The van der Waals surface area contributed by atoms with Gasteiger partial charge in [-0.1, -0.05) is 0 Å². The van der Waals surface area contributed by atoms with E-state index in [1.807, 2.05) is 5.32 Å². The standard InChI is InChI=1S/C13H21N5O6/c14-9(19)4-8(13(24)17-6-11(21)22)18-10(20)5-16-12(23)7-2-1-3-15-7/h7-8,15H,1-6H2,(H2,14,19)(H,16,23)(H,17,24)(H,18,20)(H,21,22). The average Bonchev–Trinajstić information content (AvgIpc) is 3.03. The van der Waals surface area contributed by atoms with Gasteiger partial charge >= 0.3 is 5.97 Å². The lowest BCUT2D eigenvalue weighted by Crippen LogP contribution is -2.52. The van der Waals surface area contributed by atoms with Crippen LogP contribution in [0.25, 0.3) is 0 Å². The van der Waals surface area contributed by atoms with Crippen molar-refractivity contribution in [1.29, 1.82) is 0 Å². The molecule has 2 unspecified atom stereocenters. The van der Waals surface area contributed by atoms with Gasteiger partial charge in [0.25, 0.3) is 0 Å². The SMILES string of the molecule is NC(=O)CC(NC(=O)CNC(=O)C1CCCN1)C(=O)NCC(=O)O. The molecule has 0 saturated carbocycles. The number of carboxylic acids is 1. The van der Waals surface area contributed by atoms with Crippen molar-refractivity contribution in [1.82, 2.24) is 21.3 Å². The van der Waals surface area contributed by atoms with E-state index in [1.165, 1.54) is 0 Å². The first kappa shape index (κ1) is 19.4. The van der Waals surface area contributed by atoms with Gasteiger partial charge in [0.15, 0.2) is 0 Å². The van der Waals surface area contributed by atoms with Crippen LogP contribution in [0.5, 0.6) is 0 Å². The molecule has 1 aliphatic heterocycles. The van der Waals surface area contributed by atoms with Gasteiger partial charge < -0.3 is 32.1 Å². The van der Waals surface area contributed by atoms with E-state index < -0.39 is 42.7 Å². The molecular weight excluding hydrogens is 322 g/mol. The molecule has 0 aromatic carbocycles. The zero-order chi connectivity index (χ0) is 18.1.